The van der Waals surface area contributed by atoms with Gasteiger partial charge in [-0.05, 0) is 107 Å². The van der Waals surface area contributed by atoms with Crippen molar-refractivity contribution in [2.45, 2.75) is 172 Å². The van der Waals surface area contributed by atoms with E-state index in [0.29, 0.717) is 28.3 Å². The maximum absolute atomic E-state index is 13.7. The van der Waals surface area contributed by atoms with Crippen LogP contribution in [0, 0.1) is 55.3 Å². The monoisotopic (exact) mass is 899 g/mol. The number of carbonyl (C=O) groups is 2. The van der Waals surface area contributed by atoms with E-state index in [1.165, 1.54) is 63.2 Å². The third-order valence-electron chi connectivity index (χ3n) is 15.1. The first kappa shape index (κ1) is 52.5. The molecule has 0 aromatic carbocycles. The molecule has 0 radical (unpaired) electrons. The van der Waals surface area contributed by atoms with Crippen LogP contribution in [-0.2, 0) is 25.5 Å². The maximum atomic E-state index is 13.7. The number of allylic oxidation sites excluding steroid dienone is 4. The van der Waals surface area contributed by atoms with Gasteiger partial charge in [-0.3, -0.25) is 9.59 Å². The molecule has 0 spiro atoms. The Morgan fingerprint density at radius 2 is 1.54 bits per heavy atom. The number of nitrogens with zero attached hydrogens (tertiary/aromatic N) is 4. The van der Waals surface area contributed by atoms with Gasteiger partial charge in [-0.2, -0.15) is 11.4 Å². The minimum atomic E-state index is -1.15. The molecule has 0 amide bonds. The van der Waals surface area contributed by atoms with E-state index in [0.717, 1.165) is 88.6 Å². The maximum Gasteiger partial charge on any atom is 2.00 e. The first-order chi connectivity index (χ1) is 30.6. The summed E-state index contributed by atoms with van der Waals surface area (Å²) in [4.78, 5) is 37.4. The van der Waals surface area contributed by atoms with Crippen molar-refractivity contribution < 1.29 is 24.2 Å². The number of hydrogen-bond donors (Lipinski definition) is 1. The zero-order valence-electron chi connectivity index (χ0n) is 42.0. The number of hydrogen-bond acceptors (Lipinski definition) is 5. The van der Waals surface area contributed by atoms with Gasteiger partial charge in [-0.15, -0.1) is 27.8 Å². The normalized spacial score (nSPS) is 25.5. The van der Waals surface area contributed by atoms with Crippen LogP contribution >= 0.6 is 0 Å². The summed E-state index contributed by atoms with van der Waals surface area (Å²) in [6, 6.07) is -0.525. The molecule has 1 unspecified atom stereocenters. The summed E-state index contributed by atoms with van der Waals surface area (Å²) in [5.41, 5.74) is 11.3. The molecule has 1 N–H and O–H groups in total. The van der Waals surface area contributed by atoms with Gasteiger partial charge in [-0.25, -0.2) is 0 Å². The molecular formula is C55H78MgN4O5-2. The molecule has 1 saturated heterocycles. The smallest absolute Gasteiger partial charge is 0.681 e. The first-order valence-corrected chi connectivity index (χ1v) is 24.8. The van der Waals surface area contributed by atoms with E-state index in [1.807, 2.05) is 13.0 Å². The van der Waals surface area contributed by atoms with Crippen molar-refractivity contribution >= 4 is 52.7 Å². The number of carbonyl (C=O) groups excluding carboxylic acids is 2. The van der Waals surface area contributed by atoms with Gasteiger partial charge < -0.3 is 35.2 Å². The van der Waals surface area contributed by atoms with Crippen LogP contribution in [0.3, 0.4) is 0 Å². The van der Waals surface area contributed by atoms with Gasteiger partial charge >= 0.3 is 35.0 Å². The van der Waals surface area contributed by atoms with Crippen molar-refractivity contribution in [1.82, 2.24) is 9.97 Å². The third-order valence-corrected chi connectivity index (χ3v) is 15.1. The van der Waals surface area contributed by atoms with E-state index < -0.39 is 24.0 Å². The molecular weight excluding hydrogens is 821 g/mol. The van der Waals surface area contributed by atoms with Crippen molar-refractivity contribution in [2.75, 3.05) is 13.7 Å². The second kappa shape index (κ2) is 23.5. The van der Waals surface area contributed by atoms with Crippen LogP contribution in [0.15, 0.2) is 40.4 Å². The Labute approximate surface area is 407 Å². The van der Waals surface area contributed by atoms with Crippen molar-refractivity contribution in [2.24, 2.45) is 41.4 Å². The summed E-state index contributed by atoms with van der Waals surface area (Å²) < 4.78 is 11.2. The molecule has 10 heteroatoms. The number of ether oxygens (including phenoxy) is 2. The van der Waals surface area contributed by atoms with Crippen LogP contribution in [-0.4, -0.2) is 59.9 Å². The predicted octanol–water partition coefficient (Wildman–Crippen LogP) is 10.9. The molecule has 2 aromatic rings. The molecule has 6 rings (SSSR count). The summed E-state index contributed by atoms with van der Waals surface area (Å²) in [6.07, 6.45) is 20.9. The standard InChI is InChI=1S/C55H78N4O5.Mg/c1-13-39-35(8)42-28-44-37(10)41(24-25-48(60)64-27-26-34(7)23-17-22-33(6)21-16-20-32(5)19-15-18-31(3)4)52(58-44)50-51(55(62)63-12)54(61)49-38(11)45(59-53(49)50)30-47-40(14-2)36(9)43(57-47)29-46(39)56-42;/h26,28-33,37,39,41,51-52,54,61H,13-25,27H2,1-12H3;/q-4;+2/b34-26-,44-28-,45-30-,46-29-;/t32-,33+,37+,39-,41+,51-,52?,54+;/m1./s1. The molecule has 2 aromatic heterocycles. The molecule has 352 valence electrons. The minimum absolute atomic E-state index is 0. The topological polar surface area (TPSA) is 129 Å². The van der Waals surface area contributed by atoms with Crippen molar-refractivity contribution in [3.05, 3.63) is 95.4 Å². The van der Waals surface area contributed by atoms with Gasteiger partial charge in [0.05, 0.1) is 13.2 Å². The molecule has 0 saturated carbocycles. The van der Waals surface area contributed by atoms with Gasteiger partial charge in [0.1, 0.15) is 12.5 Å². The van der Waals surface area contributed by atoms with Crippen molar-refractivity contribution in [1.29, 1.82) is 0 Å². The summed E-state index contributed by atoms with van der Waals surface area (Å²) in [5, 5.41) is 23.9. The Hall–Kier alpha value is -3.47. The molecule has 8 bridgehead atoms. The molecule has 3 aliphatic heterocycles. The van der Waals surface area contributed by atoms with Gasteiger partial charge in [0, 0.05) is 6.42 Å². The molecule has 9 nitrogen and oxygen atoms in total. The van der Waals surface area contributed by atoms with E-state index in [9.17, 15) is 14.7 Å². The second-order valence-corrected chi connectivity index (χ2v) is 20.2. The molecule has 1 aliphatic carbocycles. The summed E-state index contributed by atoms with van der Waals surface area (Å²) in [7, 11) is 1.36. The Morgan fingerprint density at radius 1 is 0.862 bits per heavy atom. The molecule has 4 aliphatic rings. The summed E-state index contributed by atoms with van der Waals surface area (Å²) in [6.45, 7) is 24.5. The average Bonchev–Trinajstić information content (AvgIpc) is 3.99. The zero-order valence-corrected chi connectivity index (χ0v) is 43.4. The predicted molar refractivity (Wildman–Crippen MR) is 265 cm³/mol. The largest absolute Gasteiger partial charge is 2.00 e. The summed E-state index contributed by atoms with van der Waals surface area (Å²) in [5.74, 6) is 0.498. The third kappa shape index (κ3) is 12.0. The Morgan fingerprint density at radius 3 is 2.18 bits per heavy atom. The molecule has 8 atom stereocenters. The number of rotatable bonds is 20. The Bertz CT molecular complexity index is 2260. The number of fused-ring (bicyclic) bond motifs is 8. The van der Waals surface area contributed by atoms with Gasteiger partial charge in [0.15, 0.2) is 0 Å². The van der Waals surface area contributed by atoms with Crippen molar-refractivity contribution in [3.63, 3.8) is 0 Å². The fourth-order valence-electron chi connectivity index (χ4n) is 10.9. The van der Waals surface area contributed by atoms with E-state index >= 15 is 0 Å². The molecule has 1 fully saturated rings. The number of aromatic nitrogens is 2. The van der Waals surface area contributed by atoms with Crippen LogP contribution in [0.4, 0.5) is 0 Å². The number of aliphatic hydroxyl groups excluding tert-OH is 1. The number of methoxy groups -OCH3 is 1. The Kier molecular flexibility index (Phi) is 19.0. The van der Waals surface area contributed by atoms with E-state index in [4.69, 9.17) is 30.1 Å². The number of esters is 2. The molecule has 5 heterocycles. The SMILES string of the molecule is CCc1c2[n-]c(c1C)/C=C1\[N-]C(=C(C)[C@H]1CC)/C=C1\[N-]C(C3=c4[n-]/c(c(C)c4[C@H](O)[C@@H]3C(=O)OC)=C\2)[C@@H](CCC(=O)OC/C=C(/C)CCC[C@@H](C)CCC[C@H](C)CCCC(C)C)[C@@H]1C.[Mg+2]. The van der Waals surface area contributed by atoms with Gasteiger partial charge in [0.25, 0.3) is 0 Å². The summed E-state index contributed by atoms with van der Waals surface area (Å²) >= 11 is 0. The fraction of sp³-hybridized carbons (Fsp3) is 0.636. The zero-order chi connectivity index (χ0) is 46.4. The van der Waals surface area contributed by atoms with Crippen LogP contribution in [0.5, 0.6) is 0 Å². The quantitative estimate of drug-likeness (QED) is 0.0796. The van der Waals surface area contributed by atoms with Crippen LogP contribution < -0.4 is 20.7 Å². The minimum Gasteiger partial charge on any atom is -0.681 e. The van der Waals surface area contributed by atoms with Crippen molar-refractivity contribution in [3.8, 4) is 0 Å². The number of aliphatic hydroxyl groups is 1. The van der Waals surface area contributed by atoms with Crippen LogP contribution in [0.2, 0.25) is 0 Å². The first-order valence-electron chi connectivity index (χ1n) is 24.8. The van der Waals surface area contributed by atoms with Gasteiger partial charge in [0.2, 0.25) is 0 Å². The fourth-order valence-corrected chi connectivity index (χ4v) is 10.9. The van der Waals surface area contributed by atoms with Crippen LogP contribution in [0.1, 0.15) is 179 Å². The Balaban J connectivity index is 0.00000793. The second-order valence-electron chi connectivity index (χ2n) is 20.2. The van der Waals surface area contributed by atoms with E-state index in [2.05, 4.69) is 87.5 Å². The van der Waals surface area contributed by atoms with Gasteiger partial charge in [-0.1, -0.05) is 151 Å². The van der Waals surface area contributed by atoms with Crippen LogP contribution in [0.25, 0.3) is 28.4 Å². The average molecular weight is 900 g/mol. The van der Waals surface area contributed by atoms with E-state index in [-0.39, 0.29) is 59.8 Å². The van der Waals surface area contributed by atoms with E-state index in [1.54, 1.807) is 0 Å². The molecule has 65 heavy (non-hydrogen) atoms.